The first-order valence-corrected chi connectivity index (χ1v) is 23.2. The van der Waals surface area contributed by atoms with Crippen LogP contribution in [0.4, 0.5) is 65.9 Å². The van der Waals surface area contributed by atoms with Crippen molar-refractivity contribution >= 4 is 69.1 Å². The van der Waals surface area contributed by atoms with Crippen LogP contribution in [0.15, 0.2) is 127 Å². The maximum absolute atomic E-state index is 15.5. The summed E-state index contributed by atoms with van der Waals surface area (Å²) in [6, 6.07) is 37.7. The van der Waals surface area contributed by atoms with Crippen molar-refractivity contribution in [2.75, 3.05) is 0 Å². The first-order valence-electron chi connectivity index (χ1n) is 21.7. The van der Waals surface area contributed by atoms with Crippen LogP contribution in [0.25, 0.3) is 78.6 Å². The van der Waals surface area contributed by atoms with E-state index in [0.29, 0.717) is 0 Å². The van der Waals surface area contributed by atoms with Crippen LogP contribution in [0.3, 0.4) is 0 Å². The summed E-state index contributed by atoms with van der Waals surface area (Å²) in [5.74, 6) is -37.0. The molecule has 4 aromatic heterocycles. The van der Waals surface area contributed by atoms with E-state index < -0.39 is 162 Å². The Labute approximate surface area is 429 Å². The van der Waals surface area contributed by atoms with Gasteiger partial charge in [-0.15, -0.1) is 33.1 Å². The number of benzene rings is 6. The molecule has 21 heteroatoms. The van der Waals surface area contributed by atoms with Gasteiger partial charge in [0.05, 0.1) is 30.3 Å². The zero-order valence-electron chi connectivity index (χ0n) is 37.6. The van der Waals surface area contributed by atoms with Gasteiger partial charge in [0.15, 0.2) is 69.8 Å². The number of hydrogen-bond acceptors (Lipinski definition) is 1. The zero-order chi connectivity index (χ0) is 53.1. The fourth-order valence-corrected chi connectivity index (χ4v) is 11.1. The minimum absolute atomic E-state index is 0. The molecule has 6 aromatic carbocycles. The van der Waals surface area contributed by atoms with E-state index in [1.165, 1.54) is 15.9 Å². The number of nitrogens with zero attached hydrogens (tertiary/aromatic N) is 4. The molecule has 0 spiro atoms. The molecule has 0 saturated heterocycles. The van der Waals surface area contributed by atoms with Crippen LogP contribution < -0.4 is 30.9 Å². The predicted octanol–water partition coefficient (Wildman–Crippen LogP) is 13.8. The second-order valence-electron chi connectivity index (χ2n) is 16.3. The van der Waals surface area contributed by atoms with Gasteiger partial charge < -0.3 is 15.0 Å². The predicted molar refractivity (Wildman–Crippen MR) is 254 cm³/mol. The molecule has 4 nitrogen and oxygen atoms in total. The molecule has 1 aliphatic rings. The van der Waals surface area contributed by atoms with Crippen molar-refractivity contribution in [2.24, 2.45) is 0 Å². The van der Waals surface area contributed by atoms with Crippen molar-refractivity contribution < 1.29 is 82.6 Å². The van der Waals surface area contributed by atoms with Crippen LogP contribution in [0.1, 0.15) is 11.4 Å². The number of hydrogen-bond donors (Lipinski definition) is 0. The number of aromatic nitrogens is 4. The summed E-state index contributed by atoms with van der Waals surface area (Å²) >= 11 is 0. The van der Waals surface area contributed by atoms with E-state index in [1.54, 1.807) is 0 Å². The van der Waals surface area contributed by atoms with Crippen LogP contribution >= 0.6 is 7.92 Å². The molecule has 0 fully saturated rings. The molecule has 1 aliphatic heterocycles. The molecule has 11 rings (SSSR count). The van der Waals surface area contributed by atoms with Gasteiger partial charge in [-0.1, -0.05) is 91.0 Å². The molecular weight excluding hydrogens is 1090 g/mol. The average molecular weight is 1120 g/mol. The van der Waals surface area contributed by atoms with E-state index in [1.807, 2.05) is 0 Å². The third kappa shape index (κ3) is 8.98. The topological polar surface area (TPSA) is 55.2 Å². The van der Waals surface area contributed by atoms with E-state index in [2.05, 4.69) is 111 Å². The van der Waals surface area contributed by atoms with E-state index in [9.17, 15) is 39.5 Å². The quantitative estimate of drug-likeness (QED) is 0.0721. The van der Waals surface area contributed by atoms with Crippen molar-refractivity contribution in [2.45, 2.75) is 0 Å². The number of rotatable bonds is 6. The molecule has 0 N–H and O–H groups in total. The Morgan fingerprint density at radius 2 is 0.487 bits per heavy atom. The second kappa shape index (κ2) is 20.9. The molecule has 0 radical (unpaired) electrons. The molecule has 0 saturated carbocycles. The maximum atomic E-state index is 15.5. The van der Waals surface area contributed by atoms with E-state index >= 15 is 26.3 Å². The molecule has 5 heterocycles. The van der Waals surface area contributed by atoms with Gasteiger partial charge in [0.25, 0.3) is 0 Å². The molecule has 0 amide bonds. The molecule has 0 atom stereocenters. The van der Waals surface area contributed by atoms with Crippen molar-refractivity contribution in [3.05, 3.63) is 226 Å². The van der Waals surface area contributed by atoms with Crippen LogP contribution in [-0.4, -0.2) is 4.98 Å². The number of fused-ring (bicyclic) bond motifs is 9. The Kier molecular flexibility index (Phi) is 14.5. The monoisotopic (exact) mass is 1120 g/mol. The minimum atomic E-state index is -2.62. The molecule has 382 valence electrons. The molecule has 10 aromatic rings. The van der Waals surface area contributed by atoms with Gasteiger partial charge in [-0.2, -0.15) is 0 Å². The minimum Gasteiger partial charge on any atom is -0.657 e. The van der Waals surface area contributed by atoms with Crippen molar-refractivity contribution in [1.29, 1.82) is 0 Å². The first-order chi connectivity index (χ1) is 36.0. The summed E-state index contributed by atoms with van der Waals surface area (Å²) in [4.78, 5) is 16.3. The van der Waals surface area contributed by atoms with Gasteiger partial charge in [0.2, 0.25) is 17.5 Å². The van der Waals surface area contributed by atoms with Gasteiger partial charge in [-0.05, 0) is 65.2 Å². The maximum Gasteiger partial charge on any atom is 3.00 e. The Bertz CT molecular complexity index is 3910. The Morgan fingerprint density at radius 3 is 0.803 bits per heavy atom. The van der Waals surface area contributed by atoms with Crippen LogP contribution in [0.2, 0.25) is 0 Å². The zero-order valence-corrected chi connectivity index (χ0v) is 39.6. The normalized spacial score (nSPS) is 11.6. The fraction of sp³-hybridized carbons (Fsp3) is 0. The van der Waals surface area contributed by atoms with Crippen LogP contribution in [0.5, 0.6) is 0 Å². The molecule has 0 unspecified atom stereocenters. The Hall–Kier alpha value is -8.06. The van der Waals surface area contributed by atoms with E-state index in [-0.39, 0.29) is 28.0 Å². The van der Waals surface area contributed by atoms with E-state index in [0.717, 1.165) is 48.6 Å². The molecular formula is C55H24CoF15N4P+. The largest absolute Gasteiger partial charge is 3.00 e. The number of halogens is 15. The van der Waals surface area contributed by atoms with Gasteiger partial charge in [0, 0.05) is 5.69 Å². The van der Waals surface area contributed by atoms with Crippen LogP contribution in [-0.2, 0) is 16.8 Å². The van der Waals surface area contributed by atoms with Gasteiger partial charge in [-0.25, -0.2) is 70.8 Å². The third-order valence-corrected chi connectivity index (χ3v) is 14.7. The van der Waals surface area contributed by atoms with Crippen molar-refractivity contribution in [3.8, 4) is 33.4 Å². The SMILES string of the molecule is Fc1c(F)c(F)c(-c2c3nc(c4ccc([n-]4)c(-c4c(F)c(F)c(F)c(F)c4F)c4ccc([n-]4)c(-c4c(F)c(F)c(F)c(F)c4F)c4ccc2[n-]4)C=C3)c(F)c1F.[Co+3].c1ccc([PH+](c2ccccc2)c2ccccc2)cc1. The third-order valence-electron chi connectivity index (χ3n) is 11.9. The molecule has 8 bridgehead atoms. The summed E-state index contributed by atoms with van der Waals surface area (Å²) in [5, 5.41) is 4.31. The Morgan fingerprint density at radius 1 is 0.250 bits per heavy atom. The fourth-order valence-electron chi connectivity index (χ4n) is 8.52. The van der Waals surface area contributed by atoms with Crippen LogP contribution in [0, 0.1) is 87.3 Å². The smallest absolute Gasteiger partial charge is 0.657 e. The van der Waals surface area contributed by atoms with Gasteiger partial charge >= 0.3 is 16.8 Å². The molecule has 0 aliphatic carbocycles. The van der Waals surface area contributed by atoms with Gasteiger partial charge in [-0.3, -0.25) is 0 Å². The second-order valence-corrected chi connectivity index (χ2v) is 18.8. The summed E-state index contributed by atoms with van der Waals surface area (Å²) in [5.41, 5.74) is -13.0. The van der Waals surface area contributed by atoms with Crippen molar-refractivity contribution in [1.82, 2.24) is 19.9 Å². The Balaban J connectivity index is 0.000000296. The molecule has 76 heavy (non-hydrogen) atoms. The first kappa shape index (κ1) is 52.8. The summed E-state index contributed by atoms with van der Waals surface area (Å²) in [6.07, 6.45) is 2.04. The summed E-state index contributed by atoms with van der Waals surface area (Å²) in [6.45, 7) is 0. The van der Waals surface area contributed by atoms with Gasteiger partial charge in [0.1, 0.15) is 15.9 Å². The standard InChI is InChI=1S/C37H8F15N4.C18H15P.Co/c38-23-20(24(39)30(45)35(50)29(23)44)17-11-3-1-9(53-11)10-2-4-12(54-10)18(21-25(40)31(46)36(51)32(47)26(21)41)14-6-8-16(56-14)19(15-7-5-13(17)55-15)22-27(42)33(48)37(52)34(49)28(22)43;1-4-10-16(11-5-1)19(17-12-6-2-7-13-17)18-14-8-3-9-15-18;/h1-8H;1-15H;/q-3;;+3/p+1. The summed E-state index contributed by atoms with van der Waals surface area (Å²) in [7, 11) is -0.877. The van der Waals surface area contributed by atoms with Crippen molar-refractivity contribution in [3.63, 3.8) is 0 Å². The summed E-state index contributed by atoms with van der Waals surface area (Å²) < 4.78 is 223. The van der Waals surface area contributed by atoms with E-state index in [4.69, 9.17) is 0 Å². The average Bonchev–Trinajstić information content (AvgIpc) is 4.30.